The van der Waals surface area contributed by atoms with E-state index in [0.29, 0.717) is 12.2 Å². The number of nitrogens with zero attached hydrogens (tertiary/aromatic N) is 2. The van der Waals surface area contributed by atoms with E-state index < -0.39 is 0 Å². The Morgan fingerprint density at radius 3 is 2.89 bits per heavy atom. The van der Waals surface area contributed by atoms with Crippen molar-refractivity contribution in [2.24, 2.45) is 0 Å². The lowest BCUT2D eigenvalue weighted by atomic mass is 10.4. The van der Waals surface area contributed by atoms with Crippen LogP contribution in [0.5, 0.6) is 0 Å². The number of aliphatic hydroxyl groups is 1. The molecule has 0 amide bonds. The molecule has 0 spiro atoms. The van der Waals surface area contributed by atoms with Gasteiger partial charge in [0.15, 0.2) is 0 Å². The minimum atomic E-state index is 0.0115. The van der Waals surface area contributed by atoms with Gasteiger partial charge in [0.1, 0.15) is 5.82 Å². The summed E-state index contributed by atoms with van der Waals surface area (Å²) in [4.78, 5) is 3.76. The smallest absolute Gasteiger partial charge is 0.146 e. The predicted molar refractivity (Wildman–Crippen MR) is 30.2 cm³/mol. The SMILES string of the molecule is OCCc1nccn1O. The van der Waals surface area contributed by atoms with Gasteiger partial charge in [-0.3, -0.25) is 0 Å². The molecule has 1 aromatic rings. The summed E-state index contributed by atoms with van der Waals surface area (Å²) in [5.41, 5.74) is 0. The average Bonchev–Trinajstić information content (AvgIpc) is 2.18. The van der Waals surface area contributed by atoms with Crippen LogP contribution in [0.2, 0.25) is 0 Å². The van der Waals surface area contributed by atoms with Gasteiger partial charge in [-0.15, -0.1) is 0 Å². The van der Waals surface area contributed by atoms with Crippen LogP contribution in [0.1, 0.15) is 5.82 Å². The summed E-state index contributed by atoms with van der Waals surface area (Å²) in [6.45, 7) is 0.0115. The molecule has 4 heteroatoms. The van der Waals surface area contributed by atoms with E-state index in [1.807, 2.05) is 0 Å². The lowest BCUT2D eigenvalue weighted by Crippen LogP contribution is -2.00. The third kappa shape index (κ3) is 1.20. The van der Waals surface area contributed by atoms with E-state index >= 15 is 0 Å². The molecule has 0 aliphatic rings. The first kappa shape index (κ1) is 6.10. The monoisotopic (exact) mass is 128 g/mol. The first-order valence-corrected chi connectivity index (χ1v) is 2.67. The molecule has 0 radical (unpaired) electrons. The highest BCUT2D eigenvalue weighted by molar-refractivity contribution is 4.88. The number of aromatic nitrogens is 2. The summed E-state index contributed by atoms with van der Waals surface area (Å²) in [5, 5.41) is 17.2. The van der Waals surface area contributed by atoms with Gasteiger partial charge in [-0.25, -0.2) is 4.98 Å². The van der Waals surface area contributed by atoms with E-state index in [1.165, 1.54) is 12.4 Å². The van der Waals surface area contributed by atoms with Crippen LogP contribution in [-0.4, -0.2) is 26.6 Å². The molecule has 0 unspecified atom stereocenters. The Bertz CT molecular complexity index is 185. The number of aliphatic hydroxyl groups excluding tert-OH is 1. The predicted octanol–water partition coefficient (Wildman–Crippen LogP) is -0.345. The van der Waals surface area contributed by atoms with E-state index in [2.05, 4.69) is 4.98 Å². The summed E-state index contributed by atoms with van der Waals surface area (Å²) in [6.07, 6.45) is 3.29. The van der Waals surface area contributed by atoms with Crippen molar-refractivity contribution in [3.63, 3.8) is 0 Å². The number of hydrogen-bond acceptors (Lipinski definition) is 3. The number of rotatable bonds is 2. The van der Waals surface area contributed by atoms with Crippen molar-refractivity contribution in [3.8, 4) is 0 Å². The average molecular weight is 128 g/mol. The first-order valence-electron chi connectivity index (χ1n) is 2.67. The molecule has 1 aromatic heterocycles. The molecule has 9 heavy (non-hydrogen) atoms. The molecule has 1 rings (SSSR count). The molecule has 1 heterocycles. The second-order valence-electron chi connectivity index (χ2n) is 1.66. The molecule has 0 saturated carbocycles. The Kier molecular flexibility index (Phi) is 1.69. The molecule has 0 fully saturated rings. The van der Waals surface area contributed by atoms with Gasteiger partial charge in [-0.05, 0) is 0 Å². The van der Waals surface area contributed by atoms with Crippen LogP contribution in [0.15, 0.2) is 12.4 Å². The Morgan fingerprint density at radius 1 is 1.67 bits per heavy atom. The second kappa shape index (κ2) is 2.50. The van der Waals surface area contributed by atoms with Gasteiger partial charge in [-0.2, -0.15) is 4.73 Å². The molecule has 0 saturated heterocycles. The van der Waals surface area contributed by atoms with Crippen LogP contribution < -0.4 is 0 Å². The van der Waals surface area contributed by atoms with Crippen molar-refractivity contribution in [1.82, 2.24) is 9.71 Å². The van der Waals surface area contributed by atoms with E-state index in [1.54, 1.807) is 0 Å². The molecular formula is C5H8N2O2. The molecule has 0 atom stereocenters. The summed E-state index contributed by atoms with van der Waals surface area (Å²) in [6, 6.07) is 0. The van der Waals surface area contributed by atoms with Crippen LogP contribution in [0.25, 0.3) is 0 Å². The Hall–Kier alpha value is -1.03. The van der Waals surface area contributed by atoms with Gasteiger partial charge in [-0.1, -0.05) is 0 Å². The van der Waals surface area contributed by atoms with Gasteiger partial charge < -0.3 is 10.3 Å². The van der Waals surface area contributed by atoms with E-state index in [9.17, 15) is 0 Å². The largest absolute Gasteiger partial charge is 0.427 e. The van der Waals surface area contributed by atoms with Crippen molar-refractivity contribution >= 4 is 0 Å². The lowest BCUT2D eigenvalue weighted by Gasteiger charge is -1.94. The fraction of sp³-hybridized carbons (Fsp3) is 0.400. The second-order valence-corrected chi connectivity index (χ2v) is 1.66. The highest BCUT2D eigenvalue weighted by Crippen LogP contribution is 1.92. The quantitative estimate of drug-likeness (QED) is 0.535. The summed E-state index contributed by atoms with van der Waals surface area (Å²) in [7, 11) is 0. The molecule has 50 valence electrons. The van der Waals surface area contributed by atoms with Gasteiger partial charge >= 0.3 is 0 Å². The Labute approximate surface area is 52.3 Å². The molecule has 0 bridgehead atoms. The Balaban J connectivity index is 2.69. The maximum atomic E-state index is 8.82. The van der Waals surface area contributed by atoms with Gasteiger partial charge in [0.25, 0.3) is 0 Å². The molecule has 4 nitrogen and oxygen atoms in total. The van der Waals surface area contributed by atoms with Crippen LogP contribution >= 0.6 is 0 Å². The topological polar surface area (TPSA) is 58.3 Å². The zero-order chi connectivity index (χ0) is 6.69. The van der Waals surface area contributed by atoms with Crippen LogP contribution in [0, 0.1) is 0 Å². The van der Waals surface area contributed by atoms with Crippen LogP contribution in [0.3, 0.4) is 0 Å². The van der Waals surface area contributed by atoms with Gasteiger partial charge in [0, 0.05) is 12.6 Å². The van der Waals surface area contributed by atoms with E-state index in [-0.39, 0.29) is 6.61 Å². The number of imidazole rings is 1. The van der Waals surface area contributed by atoms with Crippen molar-refractivity contribution in [1.29, 1.82) is 0 Å². The molecule has 0 aliphatic heterocycles. The minimum absolute atomic E-state index is 0.0115. The fourth-order valence-electron chi connectivity index (χ4n) is 0.607. The van der Waals surface area contributed by atoms with Gasteiger partial charge in [0.2, 0.25) is 0 Å². The minimum Gasteiger partial charge on any atom is -0.427 e. The summed E-state index contributed by atoms with van der Waals surface area (Å²) >= 11 is 0. The van der Waals surface area contributed by atoms with Crippen molar-refractivity contribution < 1.29 is 10.3 Å². The zero-order valence-corrected chi connectivity index (χ0v) is 4.86. The maximum Gasteiger partial charge on any atom is 0.146 e. The maximum absolute atomic E-state index is 8.82. The third-order valence-corrected chi connectivity index (χ3v) is 1.03. The zero-order valence-electron chi connectivity index (χ0n) is 4.86. The normalized spacial score (nSPS) is 9.89. The molecule has 0 aliphatic carbocycles. The number of hydrogen-bond donors (Lipinski definition) is 2. The highest BCUT2D eigenvalue weighted by Gasteiger charge is 1.96. The third-order valence-electron chi connectivity index (χ3n) is 1.03. The van der Waals surface area contributed by atoms with E-state index in [0.717, 1.165) is 4.73 Å². The Morgan fingerprint density at radius 2 is 2.44 bits per heavy atom. The molecule has 2 N–H and O–H groups in total. The summed E-state index contributed by atoms with van der Waals surface area (Å²) < 4.78 is 0.899. The van der Waals surface area contributed by atoms with Crippen LogP contribution in [0.4, 0.5) is 0 Å². The molecule has 0 aromatic carbocycles. The van der Waals surface area contributed by atoms with Gasteiger partial charge in [0.05, 0.1) is 12.8 Å². The fourth-order valence-corrected chi connectivity index (χ4v) is 0.607. The summed E-state index contributed by atoms with van der Waals surface area (Å²) in [5.74, 6) is 0.484. The molecular weight excluding hydrogens is 120 g/mol. The van der Waals surface area contributed by atoms with Crippen molar-refractivity contribution in [2.45, 2.75) is 6.42 Å². The van der Waals surface area contributed by atoms with E-state index in [4.69, 9.17) is 10.3 Å². The van der Waals surface area contributed by atoms with Crippen molar-refractivity contribution in [3.05, 3.63) is 18.2 Å². The first-order chi connectivity index (χ1) is 4.34. The van der Waals surface area contributed by atoms with Crippen molar-refractivity contribution in [2.75, 3.05) is 6.61 Å². The lowest BCUT2D eigenvalue weighted by molar-refractivity contribution is 0.170. The standard InChI is InChI=1S/C5H8N2O2/c8-4-1-5-6-2-3-7(5)9/h2-3,8-9H,1,4H2. The highest BCUT2D eigenvalue weighted by atomic mass is 16.5. The van der Waals surface area contributed by atoms with Crippen LogP contribution in [-0.2, 0) is 6.42 Å².